The molecular formula is C11H23O2Si. The lowest BCUT2D eigenvalue weighted by Gasteiger charge is -2.32. The van der Waals surface area contributed by atoms with Crippen molar-refractivity contribution in [2.75, 3.05) is 14.2 Å². The molecule has 0 aliphatic heterocycles. The van der Waals surface area contributed by atoms with Crippen LogP contribution in [0.2, 0.25) is 5.54 Å². The summed E-state index contributed by atoms with van der Waals surface area (Å²) in [6.07, 6.45) is 5.40. The van der Waals surface area contributed by atoms with Gasteiger partial charge in [0.2, 0.25) is 0 Å². The van der Waals surface area contributed by atoms with Crippen molar-refractivity contribution >= 4 is 8.56 Å². The molecule has 1 fully saturated rings. The SMILES string of the molecule is CO[Si]([CH]C1CCCC1)(OC)C(C)C. The molecule has 1 aliphatic rings. The topological polar surface area (TPSA) is 18.5 Å². The number of rotatable bonds is 5. The summed E-state index contributed by atoms with van der Waals surface area (Å²) in [6.45, 7) is 4.40. The highest BCUT2D eigenvalue weighted by atomic mass is 28.4. The molecule has 14 heavy (non-hydrogen) atoms. The molecule has 1 radical (unpaired) electrons. The molecule has 1 rings (SSSR count). The maximum absolute atomic E-state index is 5.67. The van der Waals surface area contributed by atoms with Crippen molar-refractivity contribution in [2.24, 2.45) is 5.92 Å². The second kappa shape index (κ2) is 5.28. The van der Waals surface area contributed by atoms with Gasteiger partial charge in [0.15, 0.2) is 0 Å². The normalized spacial score (nSPS) is 19.5. The predicted octanol–water partition coefficient (Wildman–Crippen LogP) is 3.07. The lowest BCUT2D eigenvalue weighted by Crippen LogP contribution is -2.46. The monoisotopic (exact) mass is 215 g/mol. The summed E-state index contributed by atoms with van der Waals surface area (Å²) in [5, 5.41) is 0. The Balaban J connectivity index is 2.57. The zero-order valence-corrected chi connectivity index (χ0v) is 10.9. The minimum Gasteiger partial charge on any atom is -0.397 e. The van der Waals surface area contributed by atoms with Gasteiger partial charge in [0, 0.05) is 20.3 Å². The lowest BCUT2D eigenvalue weighted by molar-refractivity contribution is 0.236. The van der Waals surface area contributed by atoms with Crippen LogP contribution in [0.5, 0.6) is 0 Å². The summed E-state index contributed by atoms with van der Waals surface area (Å²) in [5.41, 5.74) is 0.498. The van der Waals surface area contributed by atoms with Gasteiger partial charge < -0.3 is 8.85 Å². The van der Waals surface area contributed by atoms with Crippen LogP contribution < -0.4 is 0 Å². The number of hydrogen-bond acceptors (Lipinski definition) is 2. The minimum atomic E-state index is -2.01. The van der Waals surface area contributed by atoms with Gasteiger partial charge in [-0.05, 0) is 11.5 Å². The van der Waals surface area contributed by atoms with Gasteiger partial charge in [0.05, 0.1) is 0 Å². The smallest absolute Gasteiger partial charge is 0.343 e. The molecule has 0 bridgehead atoms. The van der Waals surface area contributed by atoms with Gasteiger partial charge in [0.1, 0.15) is 0 Å². The fourth-order valence-corrected chi connectivity index (χ4v) is 5.09. The second-order valence-electron chi connectivity index (χ2n) is 4.50. The van der Waals surface area contributed by atoms with E-state index in [1.165, 1.54) is 25.7 Å². The van der Waals surface area contributed by atoms with E-state index < -0.39 is 8.56 Å². The van der Waals surface area contributed by atoms with Gasteiger partial charge in [-0.15, -0.1) is 0 Å². The zero-order valence-electron chi connectivity index (χ0n) is 9.88. The molecule has 0 saturated heterocycles. The van der Waals surface area contributed by atoms with Crippen molar-refractivity contribution in [1.82, 2.24) is 0 Å². The Morgan fingerprint density at radius 3 is 2.00 bits per heavy atom. The van der Waals surface area contributed by atoms with Crippen molar-refractivity contribution in [3.63, 3.8) is 0 Å². The molecule has 1 saturated carbocycles. The van der Waals surface area contributed by atoms with E-state index in [4.69, 9.17) is 8.85 Å². The Labute approximate surface area is 89.2 Å². The van der Waals surface area contributed by atoms with Crippen LogP contribution in [0.25, 0.3) is 0 Å². The molecular weight excluding hydrogens is 192 g/mol. The first-order valence-corrected chi connectivity index (χ1v) is 7.58. The molecule has 0 spiro atoms. The van der Waals surface area contributed by atoms with Crippen LogP contribution in [0.1, 0.15) is 39.5 Å². The van der Waals surface area contributed by atoms with Gasteiger partial charge in [-0.25, -0.2) is 0 Å². The third-order valence-electron chi connectivity index (χ3n) is 3.31. The molecule has 3 heteroatoms. The van der Waals surface area contributed by atoms with E-state index in [1.807, 2.05) is 0 Å². The van der Waals surface area contributed by atoms with Crippen LogP contribution in [-0.2, 0) is 8.85 Å². The second-order valence-corrected chi connectivity index (χ2v) is 8.24. The number of hydrogen-bond donors (Lipinski definition) is 0. The van der Waals surface area contributed by atoms with Gasteiger partial charge in [-0.2, -0.15) is 0 Å². The molecule has 0 atom stereocenters. The fourth-order valence-electron chi connectivity index (χ4n) is 2.34. The Morgan fingerprint density at radius 2 is 1.64 bits per heavy atom. The minimum absolute atomic E-state index is 0.498. The summed E-state index contributed by atoms with van der Waals surface area (Å²) < 4.78 is 11.3. The van der Waals surface area contributed by atoms with Gasteiger partial charge in [-0.3, -0.25) is 0 Å². The third-order valence-corrected chi connectivity index (χ3v) is 7.13. The largest absolute Gasteiger partial charge is 0.397 e. The van der Waals surface area contributed by atoms with E-state index in [2.05, 4.69) is 19.9 Å². The summed E-state index contributed by atoms with van der Waals surface area (Å²) >= 11 is 0. The Morgan fingerprint density at radius 1 is 1.14 bits per heavy atom. The van der Waals surface area contributed by atoms with Crippen LogP contribution >= 0.6 is 0 Å². The average Bonchev–Trinajstić information content (AvgIpc) is 2.66. The Hall–Kier alpha value is 0.137. The van der Waals surface area contributed by atoms with Gasteiger partial charge in [-0.1, -0.05) is 39.5 Å². The fraction of sp³-hybridized carbons (Fsp3) is 0.909. The van der Waals surface area contributed by atoms with Crippen LogP contribution in [-0.4, -0.2) is 22.8 Å². The summed E-state index contributed by atoms with van der Waals surface area (Å²) in [7, 11) is 1.57. The van der Waals surface area contributed by atoms with Crippen LogP contribution in [0.15, 0.2) is 0 Å². The first-order chi connectivity index (χ1) is 6.64. The summed E-state index contributed by atoms with van der Waals surface area (Å²) in [4.78, 5) is 0. The maximum Gasteiger partial charge on any atom is 0.343 e. The van der Waals surface area contributed by atoms with E-state index in [9.17, 15) is 0 Å². The van der Waals surface area contributed by atoms with Crippen molar-refractivity contribution < 1.29 is 8.85 Å². The van der Waals surface area contributed by atoms with Crippen molar-refractivity contribution in [3.05, 3.63) is 6.04 Å². The Bertz CT molecular complexity index is 161. The highest BCUT2D eigenvalue weighted by molar-refractivity contribution is 6.72. The average molecular weight is 215 g/mol. The molecule has 0 aromatic heterocycles. The quantitative estimate of drug-likeness (QED) is 0.656. The highest BCUT2D eigenvalue weighted by Crippen LogP contribution is 2.35. The molecule has 1 aliphatic carbocycles. The maximum atomic E-state index is 5.67. The summed E-state index contributed by atoms with van der Waals surface area (Å²) in [5.74, 6) is 0.740. The molecule has 0 N–H and O–H groups in total. The zero-order chi connectivity index (χ0) is 10.6. The molecule has 0 unspecified atom stereocenters. The van der Waals surface area contributed by atoms with Crippen LogP contribution in [0, 0.1) is 12.0 Å². The molecule has 0 aromatic carbocycles. The lowest BCUT2D eigenvalue weighted by atomic mass is 10.1. The Kier molecular flexibility index (Phi) is 4.61. The van der Waals surface area contributed by atoms with E-state index in [0.717, 1.165) is 5.92 Å². The van der Waals surface area contributed by atoms with E-state index in [0.29, 0.717) is 5.54 Å². The summed E-state index contributed by atoms with van der Waals surface area (Å²) in [6, 6.07) is 2.41. The molecule has 83 valence electrons. The molecule has 2 nitrogen and oxygen atoms in total. The highest BCUT2D eigenvalue weighted by Gasteiger charge is 2.42. The van der Waals surface area contributed by atoms with Crippen LogP contribution in [0.4, 0.5) is 0 Å². The molecule has 0 amide bonds. The van der Waals surface area contributed by atoms with Gasteiger partial charge >= 0.3 is 8.56 Å². The first kappa shape index (κ1) is 12.2. The molecule has 0 heterocycles. The third kappa shape index (κ3) is 2.58. The van der Waals surface area contributed by atoms with Crippen molar-refractivity contribution in [3.8, 4) is 0 Å². The van der Waals surface area contributed by atoms with Crippen molar-refractivity contribution in [1.29, 1.82) is 0 Å². The standard InChI is InChI=1S/C11H23O2Si/c1-10(2)14(12-3,13-4)9-11-7-5-6-8-11/h9-11H,5-8H2,1-4H3. The molecule has 0 aromatic rings. The first-order valence-electron chi connectivity index (χ1n) is 5.61. The van der Waals surface area contributed by atoms with E-state index in [1.54, 1.807) is 14.2 Å². The van der Waals surface area contributed by atoms with Crippen molar-refractivity contribution in [2.45, 2.75) is 45.1 Å². The van der Waals surface area contributed by atoms with Gasteiger partial charge in [0.25, 0.3) is 0 Å². The van der Waals surface area contributed by atoms with E-state index >= 15 is 0 Å². The predicted molar refractivity (Wildman–Crippen MR) is 61.1 cm³/mol. The van der Waals surface area contributed by atoms with E-state index in [-0.39, 0.29) is 0 Å². The van der Waals surface area contributed by atoms with Crippen LogP contribution in [0.3, 0.4) is 0 Å².